The fraction of sp³-hybridized carbons (Fsp3) is 0.278. The van der Waals surface area contributed by atoms with Crippen LogP contribution in [0.15, 0.2) is 48.5 Å². The van der Waals surface area contributed by atoms with Gasteiger partial charge in [0.15, 0.2) is 0 Å². The normalized spacial score (nSPS) is 17.1. The van der Waals surface area contributed by atoms with E-state index in [1.807, 2.05) is 19.2 Å². The third-order valence-electron chi connectivity index (χ3n) is 4.22. The Morgan fingerprint density at radius 2 is 1.86 bits per heavy atom. The summed E-state index contributed by atoms with van der Waals surface area (Å²) >= 11 is 0. The molecular weight excluding hydrogens is 265 g/mol. The number of nitrogens with zero attached hydrogens (tertiary/aromatic N) is 1. The molecule has 2 aromatic rings. The van der Waals surface area contributed by atoms with Gasteiger partial charge in [-0.15, -0.1) is 0 Å². The highest BCUT2D eigenvalue weighted by molar-refractivity contribution is 5.94. The molecule has 0 spiro atoms. The van der Waals surface area contributed by atoms with Crippen LogP contribution in [0.3, 0.4) is 0 Å². The number of hydrogen-bond acceptors (Lipinski definition) is 1. The number of benzene rings is 2. The van der Waals surface area contributed by atoms with E-state index >= 15 is 0 Å². The summed E-state index contributed by atoms with van der Waals surface area (Å²) < 4.78 is 13.0. The molecule has 3 rings (SSSR count). The Labute approximate surface area is 124 Å². The predicted octanol–water partition coefficient (Wildman–Crippen LogP) is 3.98. The van der Waals surface area contributed by atoms with Crippen LogP contribution in [-0.4, -0.2) is 17.9 Å². The molecule has 0 radical (unpaired) electrons. The van der Waals surface area contributed by atoms with Gasteiger partial charge in [0, 0.05) is 12.6 Å². The van der Waals surface area contributed by atoms with Gasteiger partial charge in [-0.3, -0.25) is 4.79 Å². The molecule has 1 atom stereocenters. The molecule has 0 aliphatic heterocycles. The molecule has 1 unspecified atom stereocenters. The number of fused-ring (bicyclic) bond motifs is 1. The summed E-state index contributed by atoms with van der Waals surface area (Å²) in [5, 5.41) is 0. The summed E-state index contributed by atoms with van der Waals surface area (Å²) in [6.45, 7) is 0. The van der Waals surface area contributed by atoms with Crippen molar-refractivity contribution in [2.75, 3.05) is 7.05 Å². The van der Waals surface area contributed by atoms with E-state index in [1.54, 1.807) is 17.0 Å². The van der Waals surface area contributed by atoms with Crippen molar-refractivity contribution in [2.45, 2.75) is 25.3 Å². The van der Waals surface area contributed by atoms with Crippen LogP contribution in [0.5, 0.6) is 0 Å². The monoisotopic (exact) mass is 283 g/mol. The minimum absolute atomic E-state index is 0.0586. The lowest BCUT2D eigenvalue weighted by Gasteiger charge is -2.33. The minimum Gasteiger partial charge on any atom is -0.335 e. The zero-order valence-corrected chi connectivity index (χ0v) is 12.1. The Kier molecular flexibility index (Phi) is 3.74. The number of carbonyl (C=O) groups excluding carboxylic acids is 1. The molecule has 0 saturated heterocycles. The maximum absolute atomic E-state index is 13.0. The largest absolute Gasteiger partial charge is 0.335 e. The molecule has 2 nitrogen and oxygen atoms in total. The molecule has 0 aromatic heterocycles. The van der Waals surface area contributed by atoms with E-state index in [-0.39, 0.29) is 17.8 Å². The van der Waals surface area contributed by atoms with Crippen LogP contribution >= 0.6 is 0 Å². The number of aryl methyl sites for hydroxylation is 1. The van der Waals surface area contributed by atoms with Crippen LogP contribution in [0.4, 0.5) is 4.39 Å². The van der Waals surface area contributed by atoms with Crippen LogP contribution in [-0.2, 0) is 6.42 Å². The highest BCUT2D eigenvalue weighted by Crippen LogP contribution is 2.34. The van der Waals surface area contributed by atoms with Gasteiger partial charge in [-0.25, -0.2) is 4.39 Å². The highest BCUT2D eigenvalue weighted by atomic mass is 19.1. The number of halogens is 1. The number of carbonyl (C=O) groups is 1. The van der Waals surface area contributed by atoms with Crippen molar-refractivity contribution in [3.8, 4) is 0 Å². The number of hydrogen-bond donors (Lipinski definition) is 0. The van der Waals surface area contributed by atoms with Crippen molar-refractivity contribution in [3.05, 3.63) is 71.0 Å². The Hall–Kier alpha value is -2.16. The van der Waals surface area contributed by atoms with E-state index in [1.165, 1.54) is 23.3 Å². The fourth-order valence-corrected chi connectivity index (χ4v) is 3.07. The molecule has 1 aliphatic carbocycles. The van der Waals surface area contributed by atoms with Gasteiger partial charge in [0.2, 0.25) is 0 Å². The molecule has 0 bridgehead atoms. The first kappa shape index (κ1) is 13.8. The zero-order chi connectivity index (χ0) is 14.8. The maximum atomic E-state index is 13.0. The molecule has 0 saturated carbocycles. The van der Waals surface area contributed by atoms with Gasteiger partial charge >= 0.3 is 0 Å². The Morgan fingerprint density at radius 3 is 2.62 bits per heavy atom. The number of rotatable bonds is 2. The summed E-state index contributed by atoms with van der Waals surface area (Å²) in [6.07, 6.45) is 3.13. The molecule has 0 heterocycles. The minimum atomic E-state index is -0.322. The molecule has 1 amide bonds. The molecule has 0 N–H and O–H groups in total. The van der Waals surface area contributed by atoms with Crippen molar-refractivity contribution in [1.82, 2.24) is 4.90 Å². The van der Waals surface area contributed by atoms with Crippen LogP contribution in [0.25, 0.3) is 0 Å². The quantitative estimate of drug-likeness (QED) is 0.816. The van der Waals surface area contributed by atoms with Crippen LogP contribution in [0.1, 0.15) is 40.4 Å². The molecule has 108 valence electrons. The zero-order valence-electron chi connectivity index (χ0n) is 12.1. The van der Waals surface area contributed by atoms with Crippen molar-refractivity contribution in [3.63, 3.8) is 0 Å². The second-order valence-electron chi connectivity index (χ2n) is 5.53. The predicted molar refractivity (Wildman–Crippen MR) is 80.6 cm³/mol. The average molecular weight is 283 g/mol. The van der Waals surface area contributed by atoms with Crippen LogP contribution < -0.4 is 0 Å². The van der Waals surface area contributed by atoms with Gasteiger partial charge in [0.1, 0.15) is 5.82 Å². The van der Waals surface area contributed by atoms with Gasteiger partial charge in [0.05, 0.1) is 6.04 Å². The van der Waals surface area contributed by atoms with Crippen molar-refractivity contribution < 1.29 is 9.18 Å². The Bertz CT molecular complexity index is 651. The summed E-state index contributed by atoms with van der Waals surface area (Å²) in [4.78, 5) is 14.4. The van der Waals surface area contributed by atoms with E-state index in [0.29, 0.717) is 5.56 Å². The molecule has 2 aromatic carbocycles. The fourth-order valence-electron chi connectivity index (χ4n) is 3.07. The first-order valence-corrected chi connectivity index (χ1v) is 7.27. The van der Waals surface area contributed by atoms with E-state index < -0.39 is 0 Å². The van der Waals surface area contributed by atoms with Crippen molar-refractivity contribution in [2.24, 2.45) is 0 Å². The van der Waals surface area contributed by atoms with E-state index in [4.69, 9.17) is 0 Å². The summed E-state index contributed by atoms with van der Waals surface area (Å²) in [6, 6.07) is 14.2. The van der Waals surface area contributed by atoms with Gasteiger partial charge in [-0.2, -0.15) is 0 Å². The van der Waals surface area contributed by atoms with Gasteiger partial charge in [-0.1, -0.05) is 24.3 Å². The smallest absolute Gasteiger partial charge is 0.254 e. The van der Waals surface area contributed by atoms with E-state index in [0.717, 1.165) is 19.3 Å². The molecule has 21 heavy (non-hydrogen) atoms. The second-order valence-corrected chi connectivity index (χ2v) is 5.53. The standard InChI is InChI=1S/C18H18FNO/c1-20(18(21)14-9-11-15(19)12-10-14)17-8-4-6-13-5-2-3-7-16(13)17/h2-3,5,7,9-12,17H,4,6,8H2,1H3. The topological polar surface area (TPSA) is 20.3 Å². The second kappa shape index (κ2) is 5.68. The lowest BCUT2D eigenvalue weighted by molar-refractivity contribution is 0.0715. The lowest BCUT2D eigenvalue weighted by Crippen LogP contribution is -2.33. The van der Waals surface area contributed by atoms with Gasteiger partial charge in [-0.05, 0) is 54.7 Å². The SMILES string of the molecule is CN(C(=O)c1ccc(F)cc1)C1CCCc2ccccc21. The third kappa shape index (κ3) is 2.68. The molecular formula is C18H18FNO. The summed E-state index contributed by atoms with van der Waals surface area (Å²) in [7, 11) is 1.83. The van der Waals surface area contributed by atoms with E-state index in [2.05, 4.69) is 12.1 Å². The first-order valence-electron chi connectivity index (χ1n) is 7.27. The molecule has 1 aliphatic rings. The Morgan fingerprint density at radius 1 is 1.14 bits per heavy atom. The van der Waals surface area contributed by atoms with Gasteiger partial charge < -0.3 is 4.90 Å². The van der Waals surface area contributed by atoms with Crippen LogP contribution in [0.2, 0.25) is 0 Å². The summed E-state index contributed by atoms with van der Waals surface area (Å²) in [5.41, 5.74) is 3.09. The molecule has 3 heteroatoms. The van der Waals surface area contributed by atoms with Gasteiger partial charge in [0.25, 0.3) is 5.91 Å². The first-order chi connectivity index (χ1) is 10.2. The maximum Gasteiger partial charge on any atom is 0.254 e. The third-order valence-corrected chi connectivity index (χ3v) is 4.22. The molecule has 0 fully saturated rings. The highest BCUT2D eigenvalue weighted by Gasteiger charge is 2.26. The van der Waals surface area contributed by atoms with Crippen molar-refractivity contribution in [1.29, 1.82) is 0 Å². The lowest BCUT2D eigenvalue weighted by atomic mass is 9.87. The van der Waals surface area contributed by atoms with Crippen LogP contribution in [0, 0.1) is 5.82 Å². The average Bonchev–Trinajstić information content (AvgIpc) is 2.53. The van der Waals surface area contributed by atoms with E-state index in [9.17, 15) is 9.18 Å². The summed E-state index contributed by atoms with van der Waals surface area (Å²) in [5.74, 6) is -0.381. The van der Waals surface area contributed by atoms with Crippen molar-refractivity contribution >= 4 is 5.91 Å². The number of amides is 1. The Balaban J connectivity index is 1.87.